The number of nitrogens with one attached hydrogen (secondary N) is 1. The summed E-state index contributed by atoms with van der Waals surface area (Å²) in [7, 11) is 3.18. The molecular weight excluding hydrogens is 437 g/mol. The molecule has 0 aromatic carbocycles. The number of ether oxygens (including phenoxy) is 1. The molecule has 0 radical (unpaired) electrons. The van der Waals surface area contributed by atoms with Gasteiger partial charge in [-0.15, -0.1) is 6.58 Å². The average Bonchev–Trinajstić information content (AvgIpc) is 3.12. The Balaban J connectivity index is 0.000000451. The molecule has 0 aliphatic carbocycles. The predicted molar refractivity (Wildman–Crippen MR) is 110 cm³/mol. The molecule has 0 saturated carbocycles. The second-order valence-corrected chi connectivity index (χ2v) is 6.81. The van der Waals surface area contributed by atoms with Crippen LogP contribution >= 0.6 is 0 Å². The summed E-state index contributed by atoms with van der Waals surface area (Å²) >= 11 is 0. The van der Waals surface area contributed by atoms with Crippen molar-refractivity contribution in [3.05, 3.63) is 33.5 Å². The molecule has 3 heterocycles. The third kappa shape index (κ3) is 5.37. The zero-order valence-electron chi connectivity index (χ0n) is 17.7. The van der Waals surface area contributed by atoms with Crippen molar-refractivity contribution in [2.75, 3.05) is 44.8 Å². The molecular formula is C18H25F3N6O5. The first kappa shape index (κ1) is 25.1. The molecule has 1 fully saturated rings. The molecule has 32 heavy (non-hydrogen) atoms. The average molecular weight is 462 g/mol. The van der Waals surface area contributed by atoms with Crippen LogP contribution in [0.25, 0.3) is 11.2 Å². The number of methoxy groups -OCH3 is 1. The highest BCUT2D eigenvalue weighted by molar-refractivity contribution is 5.75. The third-order valence-electron chi connectivity index (χ3n) is 4.69. The lowest BCUT2D eigenvalue weighted by molar-refractivity contribution is -0.192. The van der Waals surface area contributed by atoms with E-state index in [1.807, 2.05) is 4.57 Å². The Morgan fingerprint density at radius 1 is 1.28 bits per heavy atom. The maximum Gasteiger partial charge on any atom is 0.490 e. The van der Waals surface area contributed by atoms with Gasteiger partial charge in [0.25, 0.3) is 5.56 Å². The number of hydrogen-bond donors (Lipinski definition) is 2. The maximum absolute atomic E-state index is 13.0. The van der Waals surface area contributed by atoms with Crippen LogP contribution in [-0.2, 0) is 29.7 Å². The number of fused-ring (bicyclic) bond motifs is 1. The monoisotopic (exact) mass is 462 g/mol. The minimum absolute atomic E-state index is 0.209. The predicted octanol–water partition coefficient (Wildman–Crippen LogP) is -0.228. The van der Waals surface area contributed by atoms with Crippen molar-refractivity contribution in [2.45, 2.75) is 19.3 Å². The van der Waals surface area contributed by atoms with E-state index < -0.39 is 12.1 Å². The van der Waals surface area contributed by atoms with E-state index in [9.17, 15) is 22.8 Å². The molecule has 1 aliphatic rings. The van der Waals surface area contributed by atoms with Crippen LogP contribution in [-0.4, -0.2) is 75.8 Å². The Kier molecular flexibility index (Phi) is 8.21. The van der Waals surface area contributed by atoms with E-state index in [0.29, 0.717) is 30.3 Å². The fraction of sp³-hybridized carbons (Fsp3) is 0.556. The molecule has 178 valence electrons. The second kappa shape index (κ2) is 10.5. The van der Waals surface area contributed by atoms with Crippen molar-refractivity contribution >= 4 is 23.1 Å². The summed E-state index contributed by atoms with van der Waals surface area (Å²) in [4.78, 5) is 41.2. The van der Waals surface area contributed by atoms with E-state index >= 15 is 0 Å². The summed E-state index contributed by atoms with van der Waals surface area (Å²) in [6.45, 7) is 8.05. The molecule has 0 atom stereocenters. The van der Waals surface area contributed by atoms with Gasteiger partial charge in [-0.1, -0.05) is 6.08 Å². The van der Waals surface area contributed by atoms with Gasteiger partial charge in [-0.2, -0.15) is 18.2 Å². The van der Waals surface area contributed by atoms with Crippen LogP contribution < -0.4 is 21.5 Å². The number of aliphatic carboxylic acids is 1. The molecule has 0 unspecified atom stereocenters. The molecule has 3 rings (SSSR count). The zero-order chi connectivity index (χ0) is 24.1. The van der Waals surface area contributed by atoms with Crippen LogP contribution in [0.5, 0.6) is 0 Å². The van der Waals surface area contributed by atoms with E-state index in [4.69, 9.17) is 14.6 Å². The number of anilines is 1. The maximum atomic E-state index is 13.0. The smallest absolute Gasteiger partial charge is 0.475 e. The molecule has 11 nitrogen and oxygen atoms in total. The number of allylic oxidation sites excluding steroid dienone is 1. The molecule has 2 aromatic heterocycles. The lowest BCUT2D eigenvalue weighted by atomic mass is 10.4. The van der Waals surface area contributed by atoms with Crippen molar-refractivity contribution in [3.63, 3.8) is 0 Å². The van der Waals surface area contributed by atoms with Crippen LogP contribution in [0, 0.1) is 0 Å². The molecule has 0 spiro atoms. The number of hydrogen-bond acceptors (Lipinski definition) is 7. The van der Waals surface area contributed by atoms with Crippen LogP contribution in [0.2, 0.25) is 0 Å². The summed E-state index contributed by atoms with van der Waals surface area (Å²) in [5.74, 6) is -2.06. The van der Waals surface area contributed by atoms with Gasteiger partial charge in [-0.05, 0) is 0 Å². The number of carboxylic acids is 1. The van der Waals surface area contributed by atoms with Gasteiger partial charge in [-0.25, -0.2) is 9.59 Å². The molecule has 2 aromatic rings. The largest absolute Gasteiger partial charge is 0.490 e. The second-order valence-electron chi connectivity index (χ2n) is 6.81. The van der Waals surface area contributed by atoms with Crippen molar-refractivity contribution in [1.29, 1.82) is 0 Å². The van der Waals surface area contributed by atoms with Gasteiger partial charge < -0.3 is 24.6 Å². The zero-order valence-corrected chi connectivity index (χ0v) is 17.7. The Hall–Kier alpha value is -3.13. The number of carboxylic acid groups (broad SMARTS) is 1. The number of imidazole rings is 1. The number of aryl methyl sites for hydroxylation is 1. The van der Waals surface area contributed by atoms with Crippen LogP contribution in [0.1, 0.15) is 0 Å². The quantitative estimate of drug-likeness (QED) is 0.565. The number of rotatable bonds is 6. The van der Waals surface area contributed by atoms with Crippen LogP contribution in [0.3, 0.4) is 0 Å². The molecule has 1 saturated heterocycles. The van der Waals surface area contributed by atoms with Crippen molar-refractivity contribution in [3.8, 4) is 0 Å². The van der Waals surface area contributed by atoms with Gasteiger partial charge in [0.2, 0.25) is 5.95 Å². The van der Waals surface area contributed by atoms with Gasteiger partial charge in [0.1, 0.15) is 0 Å². The van der Waals surface area contributed by atoms with E-state index in [1.165, 1.54) is 9.13 Å². The van der Waals surface area contributed by atoms with Gasteiger partial charge in [0, 0.05) is 46.9 Å². The Labute approximate surface area is 180 Å². The van der Waals surface area contributed by atoms with Crippen LogP contribution in [0.4, 0.5) is 19.1 Å². The standard InChI is InChI=1S/C16H24N6O3.C2HF3O2/c1-4-7-21-12-13(18-15(21)20-8-5-17-6-9-20)19(2)16(24)22(14(12)23)10-11-25-3;3-2(4,5)1(6)7/h4,17H,1,5-11H2,2-3H3;(H,6,7). The normalized spacial score (nSPS) is 14.2. The fourth-order valence-corrected chi connectivity index (χ4v) is 3.15. The number of alkyl halides is 3. The summed E-state index contributed by atoms with van der Waals surface area (Å²) in [6, 6.07) is 0. The fourth-order valence-electron chi connectivity index (χ4n) is 3.15. The Morgan fingerprint density at radius 3 is 2.38 bits per heavy atom. The Bertz CT molecular complexity index is 1080. The lowest BCUT2D eigenvalue weighted by Gasteiger charge is -2.28. The van der Waals surface area contributed by atoms with E-state index in [-0.39, 0.29) is 17.8 Å². The minimum atomic E-state index is -5.08. The van der Waals surface area contributed by atoms with Gasteiger partial charge >= 0.3 is 17.8 Å². The highest BCUT2D eigenvalue weighted by atomic mass is 19.4. The number of piperazine rings is 1. The summed E-state index contributed by atoms with van der Waals surface area (Å²) in [5, 5.41) is 10.4. The summed E-state index contributed by atoms with van der Waals surface area (Å²) in [6.07, 6.45) is -3.35. The van der Waals surface area contributed by atoms with E-state index in [0.717, 1.165) is 26.2 Å². The van der Waals surface area contributed by atoms with Gasteiger partial charge in [0.05, 0.1) is 13.2 Å². The van der Waals surface area contributed by atoms with E-state index in [1.54, 1.807) is 20.2 Å². The number of nitrogens with zero attached hydrogens (tertiary/aromatic N) is 5. The highest BCUT2D eigenvalue weighted by Crippen LogP contribution is 2.20. The van der Waals surface area contributed by atoms with Crippen molar-refractivity contribution < 1.29 is 27.8 Å². The van der Waals surface area contributed by atoms with Gasteiger partial charge in [0.15, 0.2) is 11.2 Å². The van der Waals surface area contributed by atoms with Gasteiger partial charge in [-0.3, -0.25) is 13.9 Å². The SMILES string of the molecule is C=CCn1c(N2CCNCC2)nc2c1c(=O)n(CCOC)c(=O)n2C.O=C(O)C(F)(F)F. The van der Waals surface area contributed by atoms with E-state index in [2.05, 4.69) is 21.8 Å². The number of carbonyl (C=O) groups is 1. The summed E-state index contributed by atoms with van der Waals surface area (Å²) in [5.41, 5.74) is 0.0984. The lowest BCUT2D eigenvalue weighted by Crippen LogP contribution is -2.44. The first-order valence-corrected chi connectivity index (χ1v) is 9.60. The minimum Gasteiger partial charge on any atom is -0.475 e. The first-order valence-electron chi connectivity index (χ1n) is 9.60. The molecule has 0 amide bonds. The molecule has 2 N–H and O–H groups in total. The first-order chi connectivity index (χ1) is 15.0. The highest BCUT2D eigenvalue weighted by Gasteiger charge is 2.38. The number of halogens is 3. The molecule has 14 heteroatoms. The van der Waals surface area contributed by atoms with Crippen LogP contribution in [0.15, 0.2) is 22.2 Å². The summed E-state index contributed by atoms with van der Waals surface area (Å²) < 4.78 is 41.2. The van der Waals surface area contributed by atoms with Crippen molar-refractivity contribution in [1.82, 2.24) is 24.0 Å². The third-order valence-corrected chi connectivity index (χ3v) is 4.69. The molecule has 0 bridgehead atoms. The van der Waals surface area contributed by atoms with Crippen molar-refractivity contribution in [2.24, 2.45) is 7.05 Å². The molecule has 1 aliphatic heterocycles. The Morgan fingerprint density at radius 2 is 1.88 bits per heavy atom. The topological polar surface area (TPSA) is 124 Å². The number of aromatic nitrogens is 4.